The van der Waals surface area contributed by atoms with E-state index in [1.165, 1.54) is 0 Å². The number of benzene rings is 2. The van der Waals surface area contributed by atoms with Crippen LogP contribution in [-0.2, 0) is 6.54 Å². The molecule has 1 amide bonds. The average molecular weight is 313 g/mol. The maximum absolute atomic E-state index is 13.0. The van der Waals surface area contributed by atoms with E-state index >= 15 is 0 Å². The molecule has 0 aliphatic rings. The molecule has 0 aliphatic carbocycles. The molecule has 0 heterocycles. The molecule has 0 spiro atoms. The van der Waals surface area contributed by atoms with Crippen molar-refractivity contribution in [1.29, 1.82) is 0 Å². The Morgan fingerprint density at radius 2 is 1.68 bits per heavy atom. The molecule has 0 aliphatic heterocycles. The molecule has 0 aromatic heterocycles. The molecule has 0 saturated carbocycles. The maximum atomic E-state index is 13.0. The predicted octanol–water partition coefficient (Wildman–Crippen LogP) is 4.85. The van der Waals surface area contributed by atoms with Gasteiger partial charge in [0.25, 0.3) is 5.91 Å². The molecule has 116 valence electrons. The molecule has 22 heavy (non-hydrogen) atoms. The van der Waals surface area contributed by atoms with Crippen LogP contribution in [0.2, 0.25) is 0 Å². The summed E-state index contributed by atoms with van der Waals surface area (Å²) in [5.74, 6) is 1.07. The number of hydrogen-bond donors (Lipinski definition) is 0. The van der Waals surface area contributed by atoms with Crippen LogP contribution in [0.5, 0.6) is 0 Å². The zero-order chi connectivity index (χ0) is 15.9. The average Bonchev–Trinajstić information content (AvgIpc) is 2.53. The fraction of sp³-hybridized carbons (Fsp3) is 0.316. The third-order valence-electron chi connectivity index (χ3n) is 3.50. The van der Waals surface area contributed by atoms with Crippen molar-refractivity contribution in [2.24, 2.45) is 0 Å². The Hall–Kier alpha value is -1.74. The van der Waals surface area contributed by atoms with Crippen LogP contribution in [0, 0.1) is 0 Å². The molecule has 2 nitrogen and oxygen atoms in total. The SMILES string of the molecule is CCSc1ccccc1C(=O)N(Cc1ccccc1)C(C)C. The van der Waals surface area contributed by atoms with Crippen LogP contribution in [0.3, 0.4) is 0 Å². The normalized spacial score (nSPS) is 10.7. The molecule has 2 aromatic rings. The first kappa shape index (κ1) is 16.6. The van der Waals surface area contributed by atoms with Gasteiger partial charge in [0.15, 0.2) is 0 Å². The zero-order valence-corrected chi connectivity index (χ0v) is 14.3. The first-order valence-corrected chi connectivity index (χ1v) is 8.68. The third-order valence-corrected chi connectivity index (χ3v) is 4.45. The smallest absolute Gasteiger partial charge is 0.255 e. The number of nitrogens with zero attached hydrogens (tertiary/aromatic N) is 1. The lowest BCUT2D eigenvalue weighted by molar-refractivity contribution is 0.0687. The second-order valence-corrected chi connectivity index (χ2v) is 6.75. The van der Waals surface area contributed by atoms with Gasteiger partial charge in [-0.3, -0.25) is 4.79 Å². The summed E-state index contributed by atoms with van der Waals surface area (Å²) in [6.45, 7) is 6.88. The number of carbonyl (C=O) groups excluding carboxylic acids is 1. The topological polar surface area (TPSA) is 20.3 Å². The highest BCUT2D eigenvalue weighted by molar-refractivity contribution is 7.99. The molecule has 0 saturated heterocycles. The number of carbonyl (C=O) groups is 1. The minimum atomic E-state index is 0.107. The standard InChI is InChI=1S/C19H23NOS/c1-4-22-18-13-9-8-12-17(18)19(21)20(15(2)3)14-16-10-6-5-7-11-16/h5-13,15H,4,14H2,1-3H3. The molecule has 0 N–H and O–H groups in total. The van der Waals surface area contributed by atoms with Gasteiger partial charge in [0.2, 0.25) is 0 Å². The number of thioether (sulfide) groups is 1. The van der Waals surface area contributed by atoms with Gasteiger partial charge >= 0.3 is 0 Å². The molecule has 0 atom stereocenters. The molecular formula is C19H23NOS. The Balaban J connectivity index is 2.27. The summed E-state index contributed by atoms with van der Waals surface area (Å²) in [5.41, 5.74) is 1.96. The number of amides is 1. The summed E-state index contributed by atoms with van der Waals surface area (Å²) in [6, 6.07) is 18.2. The Morgan fingerprint density at radius 1 is 1.05 bits per heavy atom. The molecule has 0 radical (unpaired) electrons. The summed E-state index contributed by atoms with van der Waals surface area (Å²) < 4.78 is 0. The first-order valence-electron chi connectivity index (χ1n) is 7.70. The van der Waals surface area contributed by atoms with Gasteiger partial charge < -0.3 is 4.90 Å². The molecule has 2 rings (SSSR count). The summed E-state index contributed by atoms with van der Waals surface area (Å²) in [4.78, 5) is 16.0. The van der Waals surface area contributed by atoms with Gasteiger partial charge in [0.05, 0.1) is 5.56 Å². The third kappa shape index (κ3) is 4.14. The summed E-state index contributed by atoms with van der Waals surface area (Å²) in [6.07, 6.45) is 0. The van der Waals surface area contributed by atoms with Crippen LogP contribution >= 0.6 is 11.8 Å². The zero-order valence-electron chi connectivity index (χ0n) is 13.5. The number of hydrogen-bond acceptors (Lipinski definition) is 2. The van der Waals surface area contributed by atoms with E-state index in [1.54, 1.807) is 11.8 Å². The lowest BCUT2D eigenvalue weighted by atomic mass is 10.1. The van der Waals surface area contributed by atoms with Gasteiger partial charge in [-0.25, -0.2) is 0 Å². The highest BCUT2D eigenvalue weighted by Gasteiger charge is 2.21. The van der Waals surface area contributed by atoms with E-state index in [1.807, 2.05) is 47.4 Å². The van der Waals surface area contributed by atoms with Gasteiger partial charge in [0, 0.05) is 17.5 Å². The van der Waals surface area contributed by atoms with E-state index in [0.29, 0.717) is 6.54 Å². The first-order chi connectivity index (χ1) is 10.6. The van der Waals surface area contributed by atoms with Crippen LogP contribution in [-0.4, -0.2) is 22.6 Å². The van der Waals surface area contributed by atoms with Crippen LogP contribution in [0.25, 0.3) is 0 Å². The summed E-state index contributed by atoms with van der Waals surface area (Å²) in [7, 11) is 0. The van der Waals surface area contributed by atoms with E-state index in [4.69, 9.17) is 0 Å². The monoisotopic (exact) mass is 313 g/mol. The second kappa shape index (κ2) is 8.04. The summed E-state index contributed by atoms with van der Waals surface area (Å²) >= 11 is 1.72. The molecule has 0 unspecified atom stereocenters. The van der Waals surface area contributed by atoms with Gasteiger partial charge in [-0.15, -0.1) is 11.8 Å². The Morgan fingerprint density at radius 3 is 2.32 bits per heavy atom. The van der Waals surface area contributed by atoms with E-state index in [2.05, 4.69) is 32.9 Å². The fourth-order valence-corrected chi connectivity index (χ4v) is 3.15. The lowest BCUT2D eigenvalue weighted by Gasteiger charge is -2.27. The predicted molar refractivity (Wildman–Crippen MR) is 94.3 cm³/mol. The van der Waals surface area contributed by atoms with Crippen LogP contribution < -0.4 is 0 Å². The van der Waals surface area contributed by atoms with Crippen molar-refractivity contribution in [2.75, 3.05) is 5.75 Å². The van der Waals surface area contributed by atoms with E-state index < -0.39 is 0 Å². The van der Waals surface area contributed by atoms with Crippen molar-refractivity contribution in [1.82, 2.24) is 4.90 Å². The minimum absolute atomic E-state index is 0.107. The Kier molecular flexibility index (Phi) is 6.08. The van der Waals surface area contributed by atoms with Crippen molar-refractivity contribution in [2.45, 2.75) is 38.3 Å². The fourth-order valence-electron chi connectivity index (χ4n) is 2.35. The molecule has 0 fully saturated rings. The van der Waals surface area contributed by atoms with Gasteiger partial charge in [-0.05, 0) is 37.3 Å². The minimum Gasteiger partial charge on any atom is -0.332 e. The largest absolute Gasteiger partial charge is 0.332 e. The van der Waals surface area contributed by atoms with Gasteiger partial charge in [-0.2, -0.15) is 0 Å². The van der Waals surface area contributed by atoms with Crippen LogP contribution in [0.15, 0.2) is 59.5 Å². The molecule has 3 heteroatoms. The van der Waals surface area contributed by atoms with E-state index in [9.17, 15) is 4.79 Å². The van der Waals surface area contributed by atoms with Crippen molar-refractivity contribution in [3.05, 3.63) is 65.7 Å². The van der Waals surface area contributed by atoms with Crippen molar-refractivity contribution in [3.63, 3.8) is 0 Å². The molecular weight excluding hydrogens is 290 g/mol. The summed E-state index contributed by atoms with van der Waals surface area (Å²) in [5, 5.41) is 0. The maximum Gasteiger partial charge on any atom is 0.255 e. The quantitative estimate of drug-likeness (QED) is 0.711. The van der Waals surface area contributed by atoms with Crippen molar-refractivity contribution < 1.29 is 4.79 Å². The highest BCUT2D eigenvalue weighted by atomic mass is 32.2. The van der Waals surface area contributed by atoms with Crippen molar-refractivity contribution >= 4 is 17.7 Å². The number of rotatable bonds is 6. The van der Waals surface area contributed by atoms with E-state index in [0.717, 1.165) is 21.8 Å². The Labute approximate surface area is 137 Å². The van der Waals surface area contributed by atoms with E-state index in [-0.39, 0.29) is 11.9 Å². The molecule has 2 aromatic carbocycles. The van der Waals surface area contributed by atoms with Crippen LogP contribution in [0.1, 0.15) is 36.7 Å². The van der Waals surface area contributed by atoms with Crippen molar-refractivity contribution in [3.8, 4) is 0 Å². The lowest BCUT2D eigenvalue weighted by Crippen LogP contribution is -2.36. The van der Waals surface area contributed by atoms with Crippen LogP contribution in [0.4, 0.5) is 0 Å². The van der Waals surface area contributed by atoms with Gasteiger partial charge in [-0.1, -0.05) is 49.4 Å². The van der Waals surface area contributed by atoms with Gasteiger partial charge in [0.1, 0.15) is 0 Å². The highest BCUT2D eigenvalue weighted by Crippen LogP contribution is 2.24. The Bertz CT molecular complexity index is 610. The second-order valence-electron chi connectivity index (χ2n) is 5.44. The molecule has 0 bridgehead atoms.